The molecule has 150 valence electrons. The molecule has 0 saturated carbocycles. The quantitative estimate of drug-likeness (QED) is 0.687. The lowest BCUT2D eigenvalue weighted by atomic mass is 10.1. The lowest BCUT2D eigenvalue weighted by Gasteiger charge is -2.19. The molecule has 0 aliphatic carbocycles. The van der Waals surface area contributed by atoms with Crippen LogP contribution in [0.3, 0.4) is 0 Å². The van der Waals surface area contributed by atoms with Crippen molar-refractivity contribution in [1.29, 1.82) is 0 Å². The van der Waals surface area contributed by atoms with Crippen molar-refractivity contribution in [2.24, 2.45) is 0 Å². The smallest absolute Gasteiger partial charge is 0.407 e. The number of alkyl carbamates (subject to hydrolysis) is 1. The number of amides is 3. The van der Waals surface area contributed by atoms with Crippen molar-refractivity contribution in [3.05, 3.63) is 54.1 Å². The summed E-state index contributed by atoms with van der Waals surface area (Å²) in [4.78, 5) is 23.8. The standard InChI is InChI=1S/C21H27N3O4/c1-21(2,3)28-20(26)22-13-12-15-6-5-7-17(14-15)24-19(25)23-16-8-10-18(27-4)11-9-16/h5-11,14H,12-13H2,1-4H3,(H,22,26)(H2,23,24,25). The molecule has 7 nitrogen and oxygen atoms in total. The minimum Gasteiger partial charge on any atom is -0.497 e. The molecule has 0 spiro atoms. The maximum Gasteiger partial charge on any atom is 0.407 e. The molecule has 0 aliphatic heterocycles. The number of carbonyl (C=O) groups is 2. The first-order chi connectivity index (χ1) is 13.2. The Hall–Kier alpha value is -3.22. The number of urea groups is 1. The van der Waals surface area contributed by atoms with Gasteiger partial charge in [0.2, 0.25) is 0 Å². The second-order valence-corrected chi connectivity index (χ2v) is 7.19. The summed E-state index contributed by atoms with van der Waals surface area (Å²) in [6, 6.07) is 14.2. The molecule has 28 heavy (non-hydrogen) atoms. The van der Waals surface area contributed by atoms with Crippen LogP contribution in [0.1, 0.15) is 26.3 Å². The number of nitrogens with one attached hydrogen (secondary N) is 3. The van der Waals surface area contributed by atoms with E-state index in [9.17, 15) is 9.59 Å². The van der Waals surface area contributed by atoms with E-state index in [1.165, 1.54) is 0 Å². The van der Waals surface area contributed by atoms with Crippen LogP contribution in [0.2, 0.25) is 0 Å². The third kappa shape index (κ3) is 7.57. The maximum absolute atomic E-state index is 12.2. The molecule has 0 saturated heterocycles. The van der Waals surface area contributed by atoms with Crippen LogP contribution < -0.4 is 20.7 Å². The summed E-state index contributed by atoms with van der Waals surface area (Å²) in [6.45, 7) is 5.90. The largest absolute Gasteiger partial charge is 0.497 e. The summed E-state index contributed by atoms with van der Waals surface area (Å²) in [5.74, 6) is 0.721. The van der Waals surface area contributed by atoms with Gasteiger partial charge in [-0.1, -0.05) is 12.1 Å². The molecule has 7 heteroatoms. The molecular weight excluding hydrogens is 358 g/mol. The van der Waals surface area contributed by atoms with Gasteiger partial charge in [-0.3, -0.25) is 0 Å². The molecule has 2 aromatic rings. The molecule has 3 N–H and O–H groups in total. The van der Waals surface area contributed by atoms with Gasteiger partial charge in [-0.15, -0.1) is 0 Å². The molecule has 2 rings (SSSR count). The van der Waals surface area contributed by atoms with E-state index in [1.54, 1.807) is 37.4 Å². The summed E-state index contributed by atoms with van der Waals surface area (Å²) < 4.78 is 10.3. The number of carbonyl (C=O) groups excluding carboxylic acids is 2. The van der Waals surface area contributed by atoms with E-state index in [0.29, 0.717) is 24.3 Å². The van der Waals surface area contributed by atoms with Gasteiger partial charge < -0.3 is 25.4 Å². The topological polar surface area (TPSA) is 88.7 Å². The fourth-order valence-corrected chi connectivity index (χ4v) is 2.40. The SMILES string of the molecule is COc1ccc(NC(=O)Nc2cccc(CCNC(=O)OC(C)(C)C)c2)cc1. The Kier molecular flexibility index (Phi) is 7.26. The van der Waals surface area contributed by atoms with Crippen molar-refractivity contribution in [1.82, 2.24) is 5.32 Å². The van der Waals surface area contributed by atoms with E-state index < -0.39 is 11.7 Å². The zero-order valence-corrected chi connectivity index (χ0v) is 16.7. The fraction of sp³-hybridized carbons (Fsp3) is 0.333. The van der Waals surface area contributed by atoms with Gasteiger partial charge in [-0.25, -0.2) is 9.59 Å². The van der Waals surface area contributed by atoms with E-state index >= 15 is 0 Å². The van der Waals surface area contributed by atoms with Gasteiger partial charge in [0.15, 0.2) is 0 Å². The summed E-state index contributed by atoms with van der Waals surface area (Å²) in [7, 11) is 1.59. The lowest BCUT2D eigenvalue weighted by molar-refractivity contribution is 0.0528. The molecule has 0 heterocycles. The molecule has 0 aromatic heterocycles. The third-order valence-corrected chi connectivity index (χ3v) is 3.61. The molecular formula is C21H27N3O4. The Bertz CT molecular complexity index is 798. The number of hydrogen-bond acceptors (Lipinski definition) is 4. The first-order valence-corrected chi connectivity index (χ1v) is 9.03. The van der Waals surface area contributed by atoms with Crippen molar-refractivity contribution in [2.45, 2.75) is 32.8 Å². The molecule has 2 aromatic carbocycles. The first-order valence-electron chi connectivity index (χ1n) is 9.03. The number of anilines is 2. The second-order valence-electron chi connectivity index (χ2n) is 7.19. The summed E-state index contributed by atoms with van der Waals surface area (Å²) in [6.07, 6.45) is 0.176. The predicted molar refractivity (Wildman–Crippen MR) is 110 cm³/mol. The van der Waals surface area contributed by atoms with Gasteiger partial charge in [0.05, 0.1) is 7.11 Å². The molecule has 0 fully saturated rings. The van der Waals surface area contributed by atoms with Gasteiger partial charge >= 0.3 is 12.1 Å². The molecule has 0 radical (unpaired) electrons. The van der Waals surface area contributed by atoms with E-state index in [1.807, 2.05) is 39.0 Å². The van der Waals surface area contributed by atoms with E-state index in [-0.39, 0.29) is 6.03 Å². The van der Waals surface area contributed by atoms with Crippen LogP contribution in [0.15, 0.2) is 48.5 Å². The van der Waals surface area contributed by atoms with Gasteiger partial charge in [0, 0.05) is 17.9 Å². The summed E-state index contributed by atoms with van der Waals surface area (Å²) >= 11 is 0. The van der Waals surface area contributed by atoms with Crippen molar-refractivity contribution >= 4 is 23.5 Å². The van der Waals surface area contributed by atoms with E-state index in [4.69, 9.17) is 9.47 Å². The average Bonchev–Trinajstić information content (AvgIpc) is 2.61. The fourth-order valence-electron chi connectivity index (χ4n) is 2.40. The van der Waals surface area contributed by atoms with Crippen LogP contribution in [0.5, 0.6) is 5.75 Å². The normalized spacial score (nSPS) is 10.7. The average molecular weight is 385 g/mol. The van der Waals surface area contributed by atoms with Gasteiger partial charge in [-0.2, -0.15) is 0 Å². The predicted octanol–water partition coefficient (Wildman–Crippen LogP) is 4.41. The molecule has 0 atom stereocenters. The van der Waals surface area contributed by atoms with Crippen LogP contribution in [-0.4, -0.2) is 31.4 Å². The Balaban J connectivity index is 1.83. The molecule has 0 aliphatic rings. The van der Waals surface area contributed by atoms with Crippen molar-refractivity contribution in [3.8, 4) is 5.75 Å². The lowest BCUT2D eigenvalue weighted by Crippen LogP contribution is -2.33. The molecule has 0 bridgehead atoms. The van der Waals surface area contributed by atoms with Crippen LogP contribution in [-0.2, 0) is 11.2 Å². The Morgan fingerprint density at radius 3 is 2.29 bits per heavy atom. The van der Waals surface area contributed by atoms with Crippen LogP contribution >= 0.6 is 0 Å². The number of hydrogen-bond donors (Lipinski definition) is 3. The van der Waals surface area contributed by atoms with Gasteiger partial charge in [0.1, 0.15) is 11.4 Å². The number of ether oxygens (including phenoxy) is 2. The zero-order chi connectivity index (χ0) is 20.6. The number of benzene rings is 2. The van der Waals surface area contributed by atoms with Gasteiger partial charge in [0.25, 0.3) is 0 Å². The Morgan fingerprint density at radius 2 is 1.64 bits per heavy atom. The van der Waals surface area contributed by atoms with Crippen LogP contribution in [0.25, 0.3) is 0 Å². The monoisotopic (exact) mass is 385 g/mol. The maximum atomic E-state index is 12.2. The minimum absolute atomic E-state index is 0.339. The minimum atomic E-state index is -0.523. The highest BCUT2D eigenvalue weighted by Crippen LogP contribution is 2.16. The Morgan fingerprint density at radius 1 is 0.964 bits per heavy atom. The number of methoxy groups -OCH3 is 1. The van der Waals surface area contributed by atoms with Crippen LogP contribution in [0.4, 0.5) is 21.0 Å². The molecule has 3 amide bonds. The van der Waals surface area contributed by atoms with Crippen molar-refractivity contribution in [2.75, 3.05) is 24.3 Å². The zero-order valence-electron chi connectivity index (χ0n) is 16.7. The van der Waals surface area contributed by atoms with Gasteiger partial charge in [-0.05, 0) is 69.2 Å². The van der Waals surface area contributed by atoms with E-state index in [2.05, 4.69) is 16.0 Å². The first kappa shape index (κ1) is 21.1. The highest BCUT2D eigenvalue weighted by Gasteiger charge is 2.15. The highest BCUT2D eigenvalue weighted by atomic mass is 16.6. The van der Waals surface area contributed by atoms with Crippen molar-refractivity contribution < 1.29 is 19.1 Å². The number of rotatable bonds is 6. The second kappa shape index (κ2) is 9.64. The third-order valence-electron chi connectivity index (χ3n) is 3.61. The van der Waals surface area contributed by atoms with Crippen molar-refractivity contribution in [3.63, 3.8) is 0 Å². The van der Waals surface area contributed by atoms with Crippen LogP contribution in [0, 0.1) is 0 Å². The summed E-state index contributed by atoms with van der Waals surface area (Å²) in [5.41, 5.74) is 1.79. The highest BCUT2D eigenvalue weighted by molar-refractivity contribution is 5.99. The summed E-state index contributed by atoms with van der Waals surface area (Å²) in [5, 5.41) is 8.28. The Labute approximate surface area is 165 Å². The van der Waals surface area contributed by atoms with E-state index in [0.717, 1.165) is 11.3 Å². The molecule has 0 unspecified atom stereocenters.